The van der Waals surface area contributed by atoms with E-state index in [0.29, 0.717) is 5.82 Å². The Hall–Kier alpha value is -1.98. The Morgan fingerprint density at radius 3 is 2.63 bits per heavy atom. The molecule has 0 unspecified atom stereocenters. The van der Waals surface area contributed by atoms with Crippen molar-refractivity contribution in [1.29, 1.82) is 0 Å². The second-order valence-electron chi connectivity index (χ2n) is 5.21. The molecule has 1 heterocycles. The van der Waals surface area contributed by atoms with Gasteiger partial charge in [0.1, 0.15) is 17.2 Å². The van der Waals surface area contributed by atoms with E-state index in [2.05, 4.69) is 4.98 Å². The van der Waals surface area contributed by atoms with Gasteiger partial charge in [-0.2, -0.15) is 0 Å². The third-order valence-corrected chi connectivity index (χ3v) is 3.16. The van der Waals surface area contributed by atoms with Crippen LogP contribution in [-0.2, 0) is 18.3 Å². The Morgan fingerprint density at radius 1 is 1.42 bits per heavy atom. The zero-order valence-corrected chi connectivity index (χ0v) is 10.9. The summed E-state index contributed by atoms with van der Waals surface area (Å²) in [6, 6.07) is 1.92. The van der Waals surface area contributed by atoms with Crippen LogP contribution in [0, 0.1) is 17.0 Å². The molecule has 0 aliphatic carbocycles. The van der Waals surface area contributed by atoms with Gasteiger partial charge in [0.2, 0.25) is 0 Å². The summed E-state index contributed by atoms with van der Waals surface area (Å²) < 4.78 is 28.3. The molecule has 0 radical (unpaired) electrons. The number of nitrogens with zero attached hydrogens (tertiary/aromatic N) is 2. The molecule has 0 aliphatic rings. The molecule has 1 aromatic carbocycles. The number of rotatable bonds is 3. The zero-order chi connectivity index (χ0) is 14.4. The van der Waals surface area contributed by atoms with E-state index < -0.39 is 23.0 Å². The van der Waals surface area contributed by atoms with E-state index in [1.54, 1.807) is 20.9 Å². The number of carbonyl (C=O) groups is 1. The summed E-state index contributed by atoms with van der Waals surface area (Å²) in [6.45, 7) is 3.12. The van der Waals surface area contributed by atoms with Crippen molar-refractivity contribution in [2.75, 3.05) is 0 Å². The second-order valence-corrected chi connectivity index (χ2v) is 5.21. The molecule has 2 rings (SSSR count). The Kier molecular flexibility index (Phi) is 3.04. The van der Waals surface area contributed by atoms with Crippen LogP contribution < -0.4 is 0 Å². The fourth-order valence-electron chi connectivity index (χ4n) is 1.94. The molecule has 102 valence electrons. The first-order valence-corrected chi connectivity index (χ1v) is 5.76. The maximum atomic E-state index is 13.7. The Morgan fingerprint density at radius 2 is 2.05 bits per heavy atom. The summed E-state index contributed by atoms with van der Waals surface area (Å²) in [6.07, 6.45) is 0.134. The highest BCUT2D eigenvalue weighted by atomic mass is 19.1. The minimum absolute atomic E-state index is 0.134. The topological polar surface area (TPSA) is 55.1 Å². The van der Waals surface area contributed by atoms with Crippen LogP contribution in [0.2, 0.25) is 0 Å². The van der Waals surface area contributed by atoms with E-state index >= 15 is 0 Å². The van der Waals surface area contributed by atoms with Crippen LogP contribution in [-0.4, -0.2) is 20.6 Å². The first-order chi connectivity index (χ1) is 8.72. The molecule has 0 saturated heterocycles. The van der Waals surface area contributed by atoms with Gasteiger partial charge in [-0.3, -0.25) is 4.79 Å². The Bertz CT molecular complexity index is 662. The molecular weight excluding hydrogens is 254 g/mol. The lowest BCUT2D eigenvalue weighted by Crippen LogP contribution is -2.27. The first-order valence-electron chi connectivity index (χ1n) is 5.76. The maximum absolute atomic E-state index is 13.7. The van der Waals surface area contributed by atoms with Gasteiger partial charge in [0, 0.05) is 25.6 Å². The second kappa shape index (κ2) is 4.29. The molecule has 0 bridgehead atoms. The molecule has 0 aliphatic heterocycles. The molecule has 0 spiro atoms. The highest BCUT2D eigenvalue weighted by Gasteiger charge is 2.30. The smallest absolute Gasteiger partial charge is 0.309 e. The normalized spacial score (nSPS) is 12.1. The number of benzene rings is 1. The average molecular weight is 268 g/mol. The summed E-state index contributed by atoms with van der Waals surface area (Å²) in [5.41, 5.74) is -0.654. The molecule has 2 aromatic rings. The van der Waals surface area contributed by atoms with Gasteiger partial charge in [0.25, 0.3) is 0 Å². The lowest BCUT2D eigenvalue weighted by molar-refractivity contribution is -0.146. The maximum Gasteiger partial charge on any atom is 0.309 e. The molecule has 4 nitrogen and oxygen atoms in total. The zero-order valence-electron chi connectivity index (χ0n) is 10.9. The predicted molar refractivity (Wildman–Crippen MR) is 65.8 cm³/mol. The lowest BCUT2D eigenvalue weighted by Gasteiger charge is -2.18. The van der Waals surface area contributed by atoms with Crippen molar-refractivity contribution in [2.24, 2.45) is 12.5 Å². The highest BCUT2D eigenvalue weighted by molar-refractivity contribution is 5.77. The van der Waals surface area contributed by atoms with Crippen molar-refractivity contribution in [1.82, 2.24) is 9.55 Å². The average Bonchev–Trinajstić information content (AvgIpc) is 2.54. The summed E-state index contributed by atoms with van der Waals surface area (Å²) in [5, 5.41) is 9.10. The van der Waals surface area contributed by atoms with Gasteiger partial charge >= 0.3 is 5.97 Å². The number of hydrogen-bond acceptors (Lipinski definition) is 2. The minimum Gasteiger partial charge on any atom is -0.481 e. The van der Waals surface area contributed by atoms with E-state index in [4.69, 9.17) is 5.11 Å². The van der Waals surface area contributed by atoms with Crippen LogP contribution in [0.4, 0.5) is 8.78 Å². The number of aliphatic carboxylic acids is 1. The van der Waals surface area contributed by atoms with Crippen molar-refractivity contribution in [3.8, 4) is 0 Å². The van der Waals surface area contributed by atoms with Crippen molar-refractivity contribution >= 4 is 17.0 Å². The van der Waals surface area contributed by atoms with Crippen LogP contribution in [0.1, 0.15) is 19.7 Å². The summed E-state index contributed by atoms with van der Waals surface area (Å²) in [5.74, 6) is -1.96. The van der Waals surface area contributed by atoms with Gasteiger partial charge in [-0.05, 0) is 13.8 Å². The summed E-state index contributed by atoms with van der Waals surface area (Å²) in [4.78, 5) is 15.2. The number of carboxylic acid groups (broad SMARTS) is 1. The third kappa shape index (κ3) is 2.30. The van der Waals surface area contributed by atoms with Crippen molar-refractivity contribution in [2.45, 2.75) is 20.3 Å². The SMILES string of the molecule is Cn1c(CC(C)(C)C(=O)O)nc2cc(F)cc(F)c21. The van der Waals surface area contributed by atoms with Crippen LogP contribution in [0.5, 0.6) is 0 Å². The molecule has 0 atom stereocenters. The van der Waals surface area contributed by atoms with Crippen molar-refractivity contribution in [3.63, 3.8) is 0 Å². The number of carboxylic acids is 1. The molecule has 1 aromatic heterocycles. The highest BCUT2D eigenvalue weighted by Crippen LogP contribution is 2.26. The van der Waals surface area contributed by atoms with E-state index in [1.807, 2.05) is 0 Å². The fraction of sp³-hybridized carbons (Fsp3) is 0.385. The van der Waals surface area contributed by atoms with Crippen LogP contribution in [0.15, 0.2) is 12.1 Å². The third-order valence-electron chi connectivity index (χ3n) is 3.16. The van der Waals surface area contributed by atoms with Gasteiger partial charge < -0.3 is 9.67 Å². The van der Waals surface area contributed by atoms with E-state index in [1.165, 1.54) is 4.57 Å². The molecule has 1 N–H and O–H groups in total. The summed E-state index contributed by atoms with van der Waals surface area (Å²) in [7, 11) is 1.59. The number of fused-ring (bicyclic) bond motifs is 1. The molecule has 0 amide bonds. The predicted octanol–water partition coefficient (Wildman–Crippen LogP) is 2.50. The standard InChI is InChI=1S/C13H14F2N2O2/c1-13(2,12(18)19)6-10-16-9-5-7(14)4-8(15)11(9)17(10)3/h4-5H,6H2,1-3H3,(H,18,19). The van der Waals surface area contributed by atoms with Crippen LogP contribution in [0.3, 0.4) is 0 Å². The lowest BCUT2D eigenvalue weighted by atomic mass is 9.89. The van der Waals surface area contributed by atoms with Crippen LogP contribution >= 0.6 is 0 Å². The number of hydrogen-bond donors (Lipinski definition) is 1. The quantitative estimate of drug-likeness (QED) is 0.930. The molecule has 19 heavy (non-hydrogen) atoms. The monoisotopic (exact) mass is 268 g/mol. The van der Waals surface area contributed by atoms with Gasteiger partial charge in [0.15, 0.2) is 5.82 Å². The van der Waals surface area contributed by atoms with Crippen molar-refractivity contribution in [3.05, 3.63) is 29.6 Å². The van der Waals surface area contributed by atoms with Crippen molar-refractivity contribution < 1.29 is 18.7 Å². The van der Waals surface area contributed by atoms with Gasteiger partial charge in [0.05, 0.1) is 10.9 Å². The number of imidazole rings is 1. The molecular formula is C13H14F2N2O2. The number of halogens is 2. The molecule has 6 heteroatoms. The molecule has 0 fully saturated rings. The molecule has 0 saturated carbocycles. The fourth-order valence-corrected chi connectivity index (χ4v) is 1.94. The largest absolute Gasteiger partial charge is 0.481 e. The summed E-state index contributed by atoms with van der Waals surface area (Å²) >= 11 is 0. The number of aromatic nitrogens is 2. The minimum atomic E-state index is -1.02. The number of aryl methyl sites for hydroxylation is 1. The van der Waals surface area contributed by atoms with E-state index in [9.17, 15) is 13.6 Å². The van der Waals surface area contributed by atoms with Gasteiger partial charge in [-0.1, -0.05) is 0 Å². The van der Waals surface area contributed by atoms with Crippen LogP contribution in [0.25, 0.3) is 11.0 Å². The van der Waals surface area contributed by atoms with E-state index in [0.717, 1.165) is 12.1 Å². The van der Waals surface area contributed by atoms with E-state index in [-0.39, 0.29) is 17.5 Å². The first kappa shape index (κ1) is 13.5. The van der Waals surface area contributed by atoms with Gasteiger partial charge in [-0.15, -0.1) is 0 Å². The Balaban J connectivity index is 2.55. The Labute approximate surface area is 108 Å². The van der Waals surface area contributed by atoms with Gasteiger partial charge in [-0.25, -0.2) is 13.8 Å².